The zero-order chi connectivity index (χ0) is 13.8. The van der Waals surface area contributed by atoms with E-state index in [9.17, 15) is 18.0 Å². The highest BCUT2D eigenvalue weighted by atomic mass is 32.2. The Kier molecular flexibility index (Phi) is 4.40. The van der Waals surface area contributed by atoms with Gasteiger partial charge in [0.2, 0.25) is 15.7 Å². The number of nitrogens with one attached hydrogen (secondary N) is 1. The van der Waals surface area contributed by atoms with Crippen LogP contribution >= 0.6 is 0 Å². The van der Waals surface area contributed by atoms with Gasteiger partial charge in [0.25, 0.3) is 0 Å². The summed E-state index contributed by atoms with van der Waals surface area (Å²) in [5.74, 6) is -2.97. The molecule has 1 amide bonds. The van der Waals surface area contributed by atoms with E-state index >= 15 is 0 Å². The Morgan fingerprint density at radius 2 is 1.72 bits per heavy atom. The molecule has 0 aliphatic rings. The van der Waals surface area contributed by atoms with Gasteiger partial charge in [0.1, 0.15) is 12.4 Å². The second-order valence-electron chi connectivity index (χ2n) is 3.39. The number of anilines is 1. The van der Waals surface area contributed by atoms with E-state index < -0.39 is 34.1 Å². The Morgan fingerprint density at radius 1 is 1.17 bits per heavy atom. The summed E-state index contributed by atoms with van der Waals surface area (Å²) < 4.78 is 22.5. The third-order valence-corrected chi connectivity index (χ3v) is 3.31. The Morgan fingerprint density at radius 3 is 2.17 bits per heavy atom. The van der Waals surface area contributed by atoms with E-state index in [2.05, 4.69) is 5.32 Å². The van der Waals surface area contributed by atoms with Gasteiger partial charge in [0.15, 0.2) is 0 Å². The summed E-state index contributed by atoms with van der Waals surface area (Å²) >= 11 is 0. The summed E-state index contributed by atoms with van der Waals surface area (Å²) in [6, 6.07) is 5.04. The molecule has 18 heavy (non-hydrogen) atoms. The van der Waals surface area contributed by atoms with Crippen molar-refractivity contribution in [3.63, 3.8) is 0 Å². The zero-order valence-electron chi connectivity index (χ0n) is 9.16. The molecule has 0 radical (unpaired) electrons. The summed E-state index contributed by atoms with van der Waals surface area (Å²) in [7, 11) is -3.71. The van der Waals surface area contributed by atoms with Crippen molar-refractivity contribution in [2.75, 3.05) is 11.3 Å². The molecule has 0 atom stereocenters. The third-order valence-electron chi connectivity index (χ3n) is 1.98. The lowest BCUT2D eigenvalue weighted by Crippen LogP contribution is -2.16. The van der Waals surface area contributed by atoms with Crippen LogP contribution in [0.5, 0.6) is 0 Å². The molecule has 1 aromatic carbocycles. The van der Waals surface area contributed by atoms with Crippen molar-refractivity contribution in [1.82, 2.24) is 0 Å². The van der Waals surface area contributed by atoms with Gasteiger partial charge in [0, 0.05) is 5.69 Å². The number of benzene rings is 1. The second-order valence-corrected chi connectivity index (χ2v) is 5.35. The molecule has 3 N–H and O–H groups in total. The Hall–Kier alpha value is -1.93. The fourth-order valence-electron chi connectivity index (χ4n) is 1.16. The lowest BCUT2D eigenvalue weighted by Gasteiger charge is -2.05. The van der Waals surface area contributed by atoms with E-state index in [0.717, 1.165) is 0 Å². The molecule has 0 bridgehead atoms. The van der Waals surface area contributed by atoms with Gasteiger partial charge in [-0.3, -0.25) is 9.59 Å². The highest BCUT2D eigenvalue weighted by Gasteiger charge is 2.13. The highest BCUT2D eigenvalue weighted by molar-refractivity contribution is 7.91. The molecule has 1 rings (SSSR count). The van der Waals surface area contributed by atoms with Crippen LogP contribution in [0.4, 0.5) is 5.69 Å². The Labute approximate surface area is 103 Å². The molecule has 0 heterocycles. The predicted molar refractivity (Wildman–Crippen MR) is 61.6 cm³/mol. The molecule has 0 aliphatic heterocycles. The lowest BCUT2D eigenvalue weighted by atomic mass is 10.3. The number of carbonyl (C=O) groups excluding carboxylic acids is 1. The summed E-state index contributed by atoms with van der Waals surface area (Å²) in [6.07, 6.45) is -0.670. The summed E-state index contributed by atoms with van der Waals surface area (Å²) in [4.78, 5) is 21.3. The number of hydrogen-bond acceptors (Lipinski definition) is 5. The molecule has 1 aromatic rings. The van der Waals surface area contributed by atoms with E-state index in [-0.39, 0.29) is 10.6 Å². The third kappa shape index (κ3) is 3.82. The first-order valence-electron chi connectivity index (χ1n) is 4.80. The SMILES string of the molecule is O=C(O)CC(=O)Nc1ccc(S(=O)(=O)CO)cc1. The number of carbonyl (C=O) groups is 2. The van der Waals surface area contributed by atoms with Crippen LogP contribution in [0.1, 0.15) is 6.42 Å². The van der Waals surface area contributed by atoms with Crippen molar-refractivity contribution >= 4 is 27.4 Å². The minimum Gasteiger partial charge on any atom is -0.481 e. The van der Waals surface area contributed by atoms with Gasteiger partial charge in [-0.05, 0) is 24.3 Å². The van der Waals surface area contributed by atoms with Crippen LogP contribution in [0.3, 0.4) is 0 Å². The van der Waals surface area contributed by atoms with Crippen LogP contribution in [0.25, 0.3) is 0 Å². The Bertz CT molecular complexity index is 548. The molecule has 7 nitrogen and oxygen atoms in total. The standard InChI is InChI=1S/C10H11NO6S/c12-6-18(16,17)8-3-1-7(2-4-8)11-9(13)5-10(14)15/h1-4,12H,5-6H2,(H,11,13)(H,14,15). The van der Waals surface area contributed by atoms with Gasteiger partial charge in [-0.25, -0.2) is 8.42 Å². The fraction of sp³-hybridized carbons (Fsp3) is 0.200. The molecule has 0 unspecified atom stereocenters. The summed E-state index contributed by atoms with van der Waals surface area (Å²) in [5, 5.41) is 19.3. The number of aliphatic hydroxyl groups excluding tert-OH is 1. The number of amides is 1. The first-order chi connectivity index (χ1) is 8.35. The number of carboxylic acid groups (broad SMARTS) is 1. The normalized spacial score (nSPS) is 10.9. The summed E-state index contributed by atoms with van der Waals surface area (Å²) in [5.41, 5.74) is 0.276. The minimum atomic E-state index is -3.71. The molecular weight excluding hydrogens is 262 g/mol. The first kappa shape index (κ1) is 14.1. The maximum absolute atomic E-state index is 11.3. The molecule has 0 saturated heterocycles. The number of aliphatic carboxylic acids is 1. The molecule has 0 aliphatic carbocycles. The molecule has 8 heteroatoms. The van der Waals surface area contributed by atoms with Crippen LogP contribution in [0.15, 0.2) is 29.2 Å². The predicted octanol–water partition coefficient (Wildman–Crippen LogP) is -0.177. The van der Waals surface area contributed by atoms with E-state index in [4.69, 9.17) is 10.2 Å². The van der Waals surface area contributed by atoms with Crippen LogP contribution < -0.4 is 5.32 Å². The molecule has 0 aromatic heterocycles. The van der Waals surface area contributed by atoms with E-state index in [1.165, 1.54) is 24.3 Å². The lowest BCUT2D eigenvalue weighted by molar-refractivity contribution is -0.139. The van der Waals surface area contributed by atoms with Gasteiger partial charge in [0.05, 0.1) is 4.90 Å². The van der Waals surface area contributed by atoms with Crippen LogP contribution in [-0.4, -0.2) is 36.4 Å². The Balaban J connectivity index is 2.78. The van der Waals surface area contributed by atoms with Crippen molar-refractivity contribution in [3.05, 3.63) is 24.3 Å². The number of rotatable bonds is 5. The molecule has 0 fully saturated rings. The molecule has 98 valence electrons. The van der Waals surface area contributed by atoms with Crippen LogP contribution in [-0.2, 0) is 19.4 Å². The monoisotopic (exact) mass is 273 g/mol. The smallest absolute Gasteiger partial charge is 0.312 e. The summed E-state index contributed by atoms with van der Waals surface area (Å²) in [6.45, 7) is 0. The average Bonchev–Trinajstić information content (AvgIpc) is 2.28. The van der Waals surface area contributed by atoms with Crippen molar-refractivity contribution in [2.24, 2.45) is 0 Å². The molecule has 0 saturated carbocycles. The number of carboxylic acids is 1. The van der Waals surface area contributed by atoms with E-state index in [0.29, 0.717) is 0 Å². The largest absolute Gasteiger partial charge is 0.481 e. The van der Waals surface area contributed by atoms with E-state index in [1.807, 2.05) is 0 Å². The van der Waals surface area contributed by atoms with Crippen LogP contribution in [0.2, 0.25) is 0 Å². The van der Waals surface area contributed by atoms with Gasteiger partial charge >= 0.3 is 5.97 Å². The fourth-order valence-corrected chi connectivity index (χ4v) is 1.86. The highest BCUT2D eigenvalue weighted by Crippen LogP contribution is 2.15. The van der Waals surface area contributed by atoms with Gasteiger partial charge in [-0.1, -0.05) is 0 Å². The minimum absolute atomic E-state index is 0.0822. The molecule has 0 spiro atoms. The quantitative estimate of drug-likeness (QED) is 0.640. The van der Waals surface area contributed by atoms with Crippen molar-refractivity contribution in [3.8, 4) is 0 Å². The number of aliphatic hydroxyl groups is 1. The maximum Gasteiger partial charge on any atom is 0.312 e. The van der Waals surface area contributed by atoms with Gasteiger partial charge in [-0.15, -0.1) is 0 Å². The molecular formula is C10H11NO6S. The van der Waals surface area contributed by atoms with Gasteiger partial charge in [-0.2, -0.15) is 0 Å². The zero-order valence-corrected chi connectivity index (χ0v) is 9.98. The van der Waals surface area contributed by atoms with Crippen molar-refractivity contribution in [2.45, 2.75) is 11.3 Å². The first-order valence-corrected chi connectivity index (χ1v) is 6.45. The van der Waals surface area contributed by atoms with Crippen LogP contribution in [0, 0.1) is 0 Å². The van der Waals surface area contributed by atoms with E-state index in [1.54, 1.807) is 0 Å². The van der Waals surface area contributed by atoms with Crippen molar-refractivity contribution in [1.29, 1.82) is 0 Å². The number of sulfone groups is 1. The topological polar surface area (TPSA) is 121 Å². The van der Waals surface area contributed by atoms with Crippen molar-refractivity contribution < 1.29 is 28.2 Å². The maximum atomic E-state index is 11.3. The second kappa shape index (κ2) is 5.61. The number of hydrogen-bond donors (Lipinski definition) is 3. The van der Waals surface area contributed by atoms with Gasteiger partial charge < -0.3 is 15.5 Å². The average molecular weight is 273 g/mol.